The second-order valence-electron chi connectivity index (χ2n) is 6.62. The number of nitrogens with one attached hydrogen (secondary N) is 1. The quantitative estimate of drug-likeness (QED) is 0.719. The Kier molecular flexibility index (Phi) is 4.11. The van der Waals surface area contributed by atoms with E-state index in [-0.39, 0.29) is 12.1 Å². The van der Waals surface area contributed by atoms with Crippen molar-refractivity contribution in [3.63, 3.8) is 0 Å². The number of H-pyrrole nitrogens is 1. The van der Waals surface area contributed by atoms with Crippen LogP contribution in [0.2, 0.25) is 0 Å². The maximum absolute atomic E-state index is 13.4. The molecule has 0 unspecified atom stereocenters. The van der Waals surface area contributed by atoms with Crippen LogP contribution in [0.3, 0.4) is 0 Å². The molecule has 0 amide bonds. The van der Waals surface area contributed by atoms with Crippen molar-refractivity contribution in [3.05, 3.63) is 66.4 Å². The molecule has 1 aromatic carbocycles. The molecule has 26 heavy (non-hydrogen) atoms. The first kappa shape index (κ1) is 16.9. The molecule has 0 atom stereocenters. The van der Waals surface area contributed by atoms with Crippen LogP contribution in [-0.2, 0) is 19.4 Å². The van der Waals surface area contributed by atoms with E-state index in [1.54, 1.807) is 6.92 Å². The van der Waals surface area contributed by atoms with Gasteiger partial charge in [0.05, 0.1) is 11.9 Å². The highest BCUT2D eigenvalue weighted by Gasteiger charge is 2.21. The maximum atomic E-state index is 13.4. The fraction of sp³-hybridized carbons (Fsp3) is 0.316. The predicted molar refractivity (Wildman–Crippen MR) is 98.8 cm³/mol. The zero-order valence-electron chi connectivity index (χ0n) is 14.2. The molecule has 134 valence electrons. The van der Waals surface area contributed by atoms with E-state index in [1.807, 2.05) is 0 Å². The van der Waals surface area contributed by atoms with E-state index in [4.69, 9.17) is 0 Å². The monoisotopic (exact) mass is 372 g/mol. The highest BCUT2D eigenvalue weighted by Crippen LogP contribution is 2.32. The number of carbonyl (C=O) groups excluding carboxylic acids is 1. The average molecular weight is 372 g/mol. The van der Waals surface area contributed by atoms with Gasteiger partial charge >= 0.3 is 5.69 Å². The molecule has 2 aromatic heterocycles. The number of benzene rings is 1. The van der Waals surface area contributed by atoms with E-state index in [0.29, 0.717) is 15.8 Å². The molecule has 3 aromatic rings. The number of halogens is 1. The van der Waals surface area contributed by atoms with Crippen LogP contribution in [0, 0.1) is 12.7 Å². The van der Waals surface area contributed by atoms with Crippen molar-refractivity contribution in [2.75, 3.05) is 0 Å². The second-order valence-corrected chi connectivity index (χ2v) is 7.73. The minimum absolute atomic E-state index is 0.280. The molecule has 7 heteroatoms. The number of hydrogen-bond donors (Lipinski definition) is 1. The number of thiophene rings is 1. The zero-order valence-corrected chi connectivity index (χ0v) is 15.0. The van der Waals surface area contributed by atoms with Gasteiger partial charge in [0.2, 0.25) is 0 Å². The van der Waals surface area contributed by atoms with Crippen LogP contribution in [0.25, 0.3) is 10.2 Å². The molecule has 1 N–H and O–H groups in total. The molecule has 0 saturated carbocycles. The van der Waals surface area contributed by atoms with Gasteiger partial charge in [-0.3, -0.25) is 19.1 Å². The van der Waals surface area contributed by atoms with Gasteiger partial charge in [0.25, 0.3) is 5.56 Å². The Balaban J connectivity index is 1.79. The third-order valence-corrected chi connectivity index (χ3v) is 6.08. The lowest BCUT2D eigenvalue weighted by Crippen LogP contribution is -2.37. The molecule has 1 aliphatic rings. The molecule has 2 heterocycles. The number of aromatic nitrogens is 2. The number of hydrogen-bond acceptors (Lipinski definition) is 4. The summed E-state index contributed by atoms with van der Waals surface area (Å²) in [5, 5.41) is 0.535. The molecule has 0 saturated heterocycles. The first-order chi connectivity index (χ1) is 12.5. The van der Waals surface area contributed by atoms with E-state index in [9.17, 15) is 18.8 Å². The van der Waals surface area contributed by atoms with Gasteiger partial charge in [-0.25, -0.2) is 9.18 Å². The maximum Gasteiger partial charge on any atom is 0.329 e. The molecule has 0 spiro atoms. The molecular formula is C19H17FN2O3S. The van der Waals surface area contributed by atoms with Crippen LogP contribution in [0.1, 0.15) is 39.2 Å². The van der Waals surface area contributed by atoms with Gasteiger partial charge in [-0.2, -0.15) is 0 Å². The highest BCUT2D eigenvalue weighted by atomic mass is 32.1. The Hall–Kier alpha value is -2.54. The Morgan fingerprint density at radius 3 is 2.81 bits per heavy atom. The number of Topliss-reactive ketones (excluding diaryl/α,β-unsaturated/α-hetero) is 1. The van der Waals surface area contributed by atoms with Gasteiger partial charge in [-0.15, -0.1) is 11.3 Å². The zero-order chi connectivity index (χ0) is 18.4. The number of nitrogens with zero attached hydrogens (tertiary/aromatic N) is 1. The molecule has 5 nitrogen and oxygen atoms in total. The van der Waals surface area contributed by atoms with E-state index in [0.717, 1.165) is 40.7 Å². The standard InChI is InChI=1S/C19H17FN2O3S/c1-10-8-11(6-7-13(10)20)14(23)9-22-18(24)16-12-4-2-3-5-15(12)26-17(16)21-19(22)25/h6-8H,2-5,9H2,1H3,(H,21,25). The summed E-state index contributed by atoms with van der Waals surface area (Å²) in [7, 11) is 0. The number of ketones is 1. The summed E-state index contributed by atoms with van der Waals surface area (Å²) in [4.78, 5) is 42.3. The fourth-order valence-corrected chi connectivity index (χ4v) is 4.74. The normalized spacial score (nSPS) is 13.8. The predicted octanol–water partition coefficient (Wildman–Crippen LogP) is 2.96. The summed E-state index contributed by atoms with van der Waals surface area (Å²) >= 11 is 1.46. The number of aromatic amines is 1. The van der Waals surface area contributed by atoms with Crippen LogP contribution < -0.4 is 11.2 Å². The summed E-state index contributed by atoms with van der Waals surface area (Å²) in [6, 6.07) is 4.02. The topological polar surface area (TPSA) is 71.9 Å². The lowest BCUT2D eigenvalue weighted by molar-refractivity contribution is 0.0969. The van der Waals surface area contributed by atoms with Crippen molar-refractivity contribution in [2.45, 2.75) is 39.2 Å². The molecule has 4 rings (SSSR count). The van der Waals surface area contributed by atoms with Crippen LogP contribution in [0.15, 0.2) is 27.8 Å². The Bertz CT molecular complexity index is 1160. The van der Waals surface area contributed by atoms with Crippen LogP contribution >= 0.6 is 11.3 Å². The van der Waals surface area contributed by atoms with Crippen molar-refractivity contribution < 1.29 is 9.18 Å². The number of fused-ring (bicyclic) bond motifs is 3. The van der Waals surface area contributed by atoms with Gasteiger partial charge in [0, 0.05) is 10.4 Å². The first-order valence-electron chi connectivity index (χ1n) is 8.52. The molecule has 0 radical (unpaired) electrons. The second kappa shape index (κ2) is 6.32. The van der Waals surface area contributed by atoms with Gasteiger partial charge in [-0.05, 0) is 61.9 Å². The van der Waals surface area contributed by atoms with E-state index in [1.165, 1.54) is 29.5 Å². The Morgan fingerprint density at radius 2 is 2.04 bits per heavy atom. The van der Waals surface area contributed by atoms with E-state index >= 15 is 0 Å². The van der Waals surface area contributed by atoms with Crippen LogP contribution in [0.4, 0.5) is 4.39 Å². The summed E-state index contributed by atoms with van der Waals surface area (Å²) in [5.74, 6) is -0.799. The van der Waals surface area contributed by atoms with Crippen molar-refractivity contribution in [2.24, 2.45) is 0 Å². The molecular weight excluding hydrogens is 355 g/mol. The van der Waals surface area contributed by atoms with Crippen molar-refractivity contribution >= 4 is 27.3 Å². The molecule has 1 aliphatic carbocycles. The van der Waals surface area contributed by atoms with Gasteiger partial charge in [0.15, 0.2) is 5.78 Å². The number of aryl methyl sites for hydroxylation is 3. The highest BCUT2D eigenvalue weighted by molar-refractivity contribution is 7.18. The lowest BCUT2D eigenvalue weighted by Gasteiger charge is -2.10. The van der Waals surface area contributed by atoms with Crippen molar-refractivity contribution in [1.82, 2.24) is 9.55 Å². The molecule has 0 aliphatic heterocycles. The first-order valence-corrected chi connectivity index (χ1v) is 9.34. The molecule has 0 bridgehead atoms. The Morgan fingerprint density at radius 1 is 1.27 bits per heavy atom. The Labute approximate surface area is 152 Å². The van der Waals surface area contributed by atoms with Crippen LogP contribution in [-0.4, -0.2) is 15.3 Å². The summed E-state index contributed by atoms with van der Waals surface area (Å²) < 4.78 is 14.3. The minimum atomic E-state index is -0.590. The number of rotatable bonds is 3. The van der Waals surface area contributed by atoms with Gasteiger partial charge in [0.1, 0.15) is 10.6 Å². The third kappa shape index (κ3) is 2.72. The van der Waals surface area contributed by atoms with Crippen molar-refractivity contribution in [3.8, 4) is 0 Å². The largest absolute Gasteiger partial charge is 0.329 e. The summed E-state index contributed by atoms with van der Waals surface area (Å²) in [5.41, 5.74) is 0.627. The summed E-state index contributed by atoms with van der Waals surface area (Å²) in [6.45, 7) is 1.20. The van der Waals surface area contributed by atoms with Gasteiger partial charge in [-0.1, -0.05) is 0 Å². The lowest BCUT2D eigenvalue weighted by atomic mass is 9.97. The third-order valence-electron chi connectivity index (χ3n) is 4.88. The molecule has 0 fully saturated rings. The van der Waals surface area contributed by atoms with Crippen molar-refractivity contribution in [1.29, 1.82) is 0 Å². The smallest absolute Gasteiger partial charge is 0.298 e. The van der Waals surface area contributed by atoms with Gasteiger partial charge < -0.3 is 0 Å². The van der Waals surface area contributed by atoms with Crippen LogP contribution in [0.5, 0.6) is 0 Å². The van der Waals surface area contributed by atoms with E-state index < -0.39 is 22.8 Å². The average Bonchev–Trinajstić information content (AvgIpc) is 2.98. The SMILES string of the molecule is Cc1cc(C(=O)Cn2c(=O)[nH]c3sc4c(c3c2=O)CCCC4)ccc1F. The summed E-state index contributed by atoms with van der Waals surface area (Å²) in [6.07, 6.45) is 3.84. The van der Waals surface area contributed by atoms with E-state index in [2.05, 4.69) is 4.98 Å². The number of carbonyl (C=O) groups is 1. The fourth-order valence-electron chi connectivity index (χ4n) is 3.47. The minimum Gasteiger partial charge on any atom is -0.298 e.